The van der Waals surface area contributed by atoms with E-state index in [0.717, 1.165) is 17.4 Å². The van der Waals surface area contributed by atoms with Gasteiger partial charge in [-0.1, -0.05) is 36.4 Å². The Bertz CT molecular complexity index is 865. The van der Waals surface area contributed by atoms with Gasteiger partial charge in [0.1, 0.15) is 5.75 Å². The van der Waals surface area contributed by atoms with E-state index < -0.39 is 10.0 Å². The molecule has 0 aliphatic heterocycles. The van der Waals surface area contributed by atoms with Crippen LogP contribution < -0.4 is 10.1 Å². The van der Waals surface area contributed by atoms with Gasteiger partial charge in [-0.15, -0.1) is 0 Å². The number of rotatable bonds is 8. The lowest BCUT2D eigenvalue weighted by Crippen LogP contribution is -2.37. The third kappa shape index (κ3) is 5.31. The Morgan fingerprint density at radius 3 is 2.42 bits per heavy atom. The zero-order valence-corrected chi connectivity index (χ0v) is 16.0. The van der Waals surface area contributed by atoms with Crippen LogP contribution in [0.15, 0.2) is 48.5 Å². The summed E-state index contributed by atoms with van der Waals surface area (Å²) in [6.45, 7) is 2.44. The van der Waals surface area contributed by atoms with Gasteiger partial charge in [-0.2, -0.15) is 4.31 Å². The van der Waals surface area contributed by atoms with Gasteiger partial charge in [-0.25, -0.2) is 8.42 Å². The van der Waals surface area contributed by atoms with Crippen LogP contribution >= 0.6 is 0 Å². The zero-order valence-electron chi connectivity index (χ0n) is 15.2. The van der Waals surface area contributed by atoms with Crippen molar-refractivity contribution in [3.63, 3.8) is 0 Å². The van der Waals surface area contributed by atoms with Crippen LogP contribution in [0.2, 0.25) is 0 Å². The summed E-state index contributed by atoms with van der Waals surface area (Å²) in [5.74, 6) is 0.416. The van der Waals surface area contributed by atoms with Crippen molar-refractivity contribution >= 4 is 15.9 Å². The van der Waals surface area contributed by atoms with Gasteiger partial charge in [0.2, 0.25) is 10.0 Å². The summed E-state index contributed by atoms with van der Waals surface area (Å²) in [4.78, 5) is 12.3. The summed E-state index contributed by atoms with van der Waals surface area (Å²) in [5.41, 5.74) is 2.23. The third-order valence-electron chi connectivity index (χ3n) is 4.04. The van der Waals surface area contributed by atoms with E-state index in [-0.39, 0.29) is 25.5 Å². The molecular formula is C19H24N2O4S. The number of benzene rings is 2. The SMILES string of the molecule is COc1ccccc1CN(CCNC(=O)c1ccccc1C)S(C)(=O)=O. The van der Waals surface area contributed by atoms with Gasteiger partial charge in [0, 0.05) is 30.8 Å². The number of carbonyl (C=O) groups is 1. The van der Waals surface area contributed by atoms with Crippen molar-refractivity contribution in [2.75, 3.05) is 26.5 Å². The van der Waals surface area contributed by atoms with Crippen molar-refractivity contribution in [2.45, 2.75) is 13.5 Å². The van der Waals surface area contributed by atoms with E-state index in [1.165, 1.54) is 4.31 Å². The highest BCUT2D eigenvalue weighted by Crippen LogP contribution is 2.20. The molecule has 0 aromatic heterocycles. The summed E-state index contributed by atoms with van der Waals surface area (Å²) in [6, 6.07) is 14.5. The number of nitrogens with one attached hydrogen (secondary N) is 1. The molecule has 6 nitrogen and oxygen atoms in total. The second-order valence-corrected chi connectivity index (χ2v) is 7.96. The molecule has 2 rings (SSSR count). The molecule has 0 aliphatic carbocycles. The summed E-state index contributed by atoms with van der Waals surface area (Å²) < 4.78 is 30.8. The van der Waals surface area contributed by atoms with Gasteiger partial charge >= 0.3 is 0 Å². The Labute approximate surface area is 154 Å². The number of nitrogens with zero attached hydrogens (tertiary/aromatic N) is 1. The van der Waals surface area contributed by atoms with Crippen LogP contribution in [0.5, 0.6) is 5.75 Å². The first kappa shape index (κ1) is 19.9. The van der Waals surface area contributed by atoms with Crippen molar-refractivity contribution in [3.05, 3.63) is 65.2 Å². The molecule has 1 amide bonds. The molecule has 0 atom stereocenters. The molecule has 26 heavy (non-hydrogen) atoms. The molecule has 0 unspecified atom stereocenters. The monoisotopic (exact) mass is 376 g/mol. The van der Waals surface area contributed by atoms with E-state index in [2.05, 4.69) is 5.32 Å². The minimum atomic E-state index is -3.43. The molecule has 0 aliphatic rings. The minimum absolute atomic E-state index is 0.175. The van der Waals surface area contributed by atoms with Crippen LogP contribution in [0.25, 0.3) is 0 Å². The van der Waals surface area contributed by atoms with Gasteiger partial charge in [0.05, 0.1) is 13.4 Å². The van der Waals surface area contributed by atoms with E-state index in [1.807, 2.05) is 37.3 Å². The van der Waals surface area contributed by atoms with Crippen LogP contribution in [0.3, 0.4) is 0 Å². The Balaban J connectivity index is 2.03. The topological polar surface area (TPSA) is 75.7 Å². The maximum absolute atomic E-state index is 12.3. The first-order valence-electron chi connectivity index (χ1n) is 8.23. The fourth-order valence-corrected chi connectivity index (χ4v) is 3.40. The number of carbonyl (C=O) groups excluding carboxylic acids is 1. The predicted octanol–water partition coefficient (Wildman–Crippen LogP) is 2.20. The normalized spacial score (nSPS) is 11.4. The smallest absolute Gasteiger partial charge is 0.251 e. The molecule has 0 heterocycles. The van der Waals surface area contributed by atoms with Gasteiger partial charge in [-0.3, -0.25) is 4.79 Å². The fraction of sp³-hybridized carbons (Fsp3) is 0.316. The number of methoxy groups -OCH3 is 1. The Morgan fingerprint density at radius 2 is 1.77 bits per heavy atom. The van der Waals surface area contributed by atoms with Crippen LogP contribution in [-0.4, -0.2) is 45.1 Å². The van der Waals surface area contributed by atoms with Gasteiger partial charge in [0.25, 0.3) is 5.91 Å². The van der Waals surface area contributed by atoms with Crippen molar-refractivity contribution in [3.8, 4) is 5.75 Å². The first-order chi connectivity index (χ1) is 12.3. The largest absolute Gasteiger partial charge is 0.496 e. The molecule has 140 valence electrons. The molecule has 1 N–H and O–H groups in total. The first-order valence-corrected chi connectivity index (χ1v) is 10.1. The molecule has 0 saturated heterocycles. The molecule has 0 bridgehead atoms. The molecular weight excluding hydrogens is 352 g/mol. The van der Waals surface area contributed by atoms with E-state index in [4.69, 9.17) is 4.74 Å². The number of hydrogen-bond donors (Lipinski definition) is 1. The van der Waals surface area contributed by atoms with Crippen LogP contribution in [0.1, 0.15) is 21.5 Å². The summed E-state index contributed by atoms with van der Waals surface area (Å²) in [5, 5.41) is 2.78. The van der Waals surface area contributed by atoms with Gasteiger partial charge in [-0.05, 0) is 24.6 Å². The van der Waals surface area contributed by atoms with Crippen molar-refractivity contribution in [1.82, 2.24) is 9.62 Å². The number of amides is 1. The highest BCUT2D eigenvalue weighted by molar-refractivity contribution is 7.88. The lowest BCUT2D eigenvalue weighted by molar-refractivity contribution is 0.0951. The minimum Gasteiger partial charge on any atom is -0.496 e. The van der Waals surface area contributed by atoms with E-state index in [9.17, 15) is 13.2 Å². The summed E-state index contributed by atoms with van der Waals surface area (Å²) in [6.07, 6.45) is 1.16. The van der Waals surface area contributed by atoms with E-state index in [0.29, 0.717) is 11.3 Å². The standard InChI is InChI=1S/C19H24N2O4S/c1-15-8-4-6-10-17(15)19(22)20-12-13-21(26(3,23)24)14-16-9-5-7-11-18(16)25-2/h4-11H,12-14H2,1-3H3,(H,20,22). The van der Waals surface area contributed by atoms with Crippen molar-refractivity contribution < 1.29 is 17.9 Å². The number of ether oxygens (including phenoxy) is 1. The number of sulfonamides is 1. The van der Waals surface area contributed by atoms with Crippen molar-refractivity contribution in [2.24, 2.45) is 0 Å². The number of para-hydroxylation sites is 1. The van der Waals surface area contributed by atoms with E-state index >= 15 is 0 Å². The molecule has 0 spiro atoms. The Kier molecular flexibility index (Phi) is 6.76. The van der Waals surface area contributed by atoms with Crippen molar-refractivity contribution in [1.29, 1.82) is 0 Å². The second-order valence-electron chi connectivity index (χ2n) is 5.98. The van der Waals surface area contributed by atoms with Crippen LogP contribution in [-0.2, 0) is 16.6 Å². The number of aryl methyl sites for hydroxylation is 1. The van der Waals surface area contributed by atoms with Gasteiger partial charge < -0.3 is 10.1 Å². The lowest BCUT2D eigenvalue weighted by atomic mass is 10.1. The van der Waals surface area contributed by atoms with Gasteiger partial charge in [0.15, 0.2) is 0 Å². The molecule has 2 aromatic carbocycles. The lowest BCUT2D eigenvalue weighted by Gasteiger charge is -2.21. The maximum atomic E-state index is 12.3. The predicted molar refractivity (Wildman–Crippen MR) is 102 cm³/mol. The molecule has 0 saturated carbocycles. The Morgan fingerprint density at radius 1 is 1.12 bits per heavy atom. The van der Waals surface area contributed by atoms with Crippen LogP contribution in [0, 0.1) is 6.92 Å². The number of hydrogen-bond acceptors (Lipinski definition) is 4. The maximum Gasteiger partial charge on any atom is 0.251 e. The highest BCUT2D eigenvalue weighted by Gasteiger charge is 2.19. The average molecular weight is 376 g/mol. The average Bonchev–Trinajstić information content (AvgIpc) is 2.60. The summed E-state index contributed by atoms with van der Waals surface area (Å²) >= 11 is 0. The zero-order chi connectivity index (χ0) is 19.2. The quantitative estimate of drug-likeness (QED) is 0.766. The molecule has 2 aromatic rings. The molecule has 0 radical (unpaired) electrons. The Hall–Kier alpha value is -2.38. The summed E-state index contributed by atoms with van der Waals surface area (Å²) in [7, 11) is -1.88. The second kappa shape index (κ2) is 8.82. The molecule has 0 fully saturated rings. The highest BCUT2D eigenvalue weighted by atomic mass is 32.2. The van der Waals surface area contributed by atoms with Crippen LogP contribution in [0.4, 0.5) is 0 Å². The fourth-order valence-electron chi connectivity index (χ4n) is 2.60. The van der Waals surface area contributed by atoms with E-state index in [1.54, 1.807) is 25.3 Å². The third-order valence-corrected chi connectivity index (χ3v) is 5.29. The molecule has 7 heteroatoms.